The molecule has 20 heavy (non-hydrogen) atoms. The van der Waals surface area contributed by atoms with Crippen LogP contribution in [0.2, 0.25) is 0 Å². The van der Waals surface area contributed by atoms with E-state index in [1.807, 2.05) is 23.2 Å². The van der Waals surface area contributed by atoms with E-state index in [0.717, 1.165) is 31.6 Å². The molecular weight excluding hydrogens is 250 g/mol. The third kappa shape index (κ3) is 4.51. The molecule has 4 heteroatoms. The summed E-state index contributed by atoms with van der Waals surface area (Å²) in [5.74, 6) is 0.289. The van der Waals surface area contributed by atoms with Gasteiger partial charge < -0.3 is 10.2 Å². The normalized spacial score (nSPS) is 17.1. The van der Waals surface area contributed by atoms with E-state index in [1.165, 1.54) is 0 Å². The summed E-state index contributed by atoms with van der Waals surface area (Å²) >= 11 is 0. The number of amides is 1. The van der Waals surface area contributed by atoms with Crippen molar-refractivity contribution >= 4 is 11.6 Å². The molecule has 0 aliphatic carbocycles. The predicted octanol–water partition coefficient (Wildman–Crippen LogP) is 2.92. The summed E-state index contributed by atoms with van der Waals surface area (Å²) in [6.07, 6.45) is 6.26. The van der Waals surface area contributed by atoms with E-state index < -0.39 is 0 Å². The van der Waals surface area contributed by atoms with Gasteiger partial charge in [0.05, 0.1) is 5.69 Å². The second kappa shape index (κ2) is 6.25. The molecular formula is C16H25N3O. The highest BCUT2D eigenvalue weighted by molar-refractivity contribution is 5.76. The highest BCUT2D eigenvalue weighted by Gasteiger charge is 2.25. The molecule has 0 bridgehead atoms. The van der Waals surface area contributed by atoms with Crippen molar-refractivity contribution in [1.82, 2.24) is 9.88 Å². The number of piperidine rings is 1. The summed E-state index contributed by atoms with van der Waals surface area (Å²) in [6, 6.07) is 4.41. The molecule has 1 aliphatic rings. The molecule has 110 valence electrons. The van der Waals surface area contributed by atoms with Gasteiger partial charge >= 0.3 is 0 Å². The number of hydrogen-bond donors (Lipinski definition) is 1. The van der Waals surface area contributed by atoms with Crippen LogP contribution in [-0.4, -0.2) is 34.9 Å². The third-order valence-corrected chi connectivity index (χ3v) is 3.56. The Balaban J connectivity index is 1.79. The van der Waals surface area contributed by atoms with Gasteiger partial charge in [0.25, 0.3) is 0 Å². The molecule has 1 aromatic rings. The molecule has 1 amide bonds. The van der Waals surface area contributed by atoms with Crippen molar-refractivity contribution in [1.29, 1.82) is 0 Å². The fraction of sp³-hybridized carbons (Fsp3) is 0.625. The molecule has 0 spiro atoms. The summed E-state index contributed by atoms with van der Waals surface area (Å²) in [6.45, 7) is 8.05. The van der Waals surface area contributed by atoms with Crippen LogP contribution in [0.5, 0.6) is 0 Å². The minimum absolute atomic E-state index is 0.0713. The molecule has 4 nitrogen and oxygen atoms in total. The first kappa shape index (κ1) is 14.8. The first-order valence-electron chi connectivity index (χ1n) is 7.38. The molecule has 1 saturated heterocycles. The van der Waals surface area contributed by atoms with Gasteiger partial charge in [0.1, 0.15) is 0 Å². The zero-order valence-electron chi connectivity index (χ0n) is 12.7. The van der Waals surface area contributed by atoms with Crippen LogP contribution in [0, 0.1) is 5.41 Å². The van der Waals surface area contributed by atoms with Crippen LogP contribution in [-0.2, 0) is 4.79 Å². The number of anilines is 1. The van der Waals surface area contributed by atoms with Crippen molar-refractivity contribution in [2.75, 3.05) is 18.4 Å². The lowest BCUT2D eigenvalue weighted by atomic mass is 9.91. The zero-order valence-corrected chi connectivity index (χ0v) is 12.7. The average molecular weight is 275 g/mol. The standard InChI is InChI=1S/C16H25N3O/c1-16(2,3)11-15(20)19-9-6-13(7-10-19)18-14-5-4-8-17-12-14/h4-5,8,12-13,18H,6-7,9-11H2,1-3H3. The third-order valence-electron chi connectivity index (χ3n) is 3.56. The maximum absolute atomic E-state index is 12.2. The molecule has 1 aliphatic heterocycles. The maximum atomic E-state index is 12.2. The fourth-order valence-corrected chi connectivity index (χ4v) is 2.52. The van der Waals surface area contributed by atoms with Crippen LogP contribution >= 0.6 is 0 Å². The second-order valence-electron chi connectivity index (χ2n) is 6.78. The second-order valence-corrected chi connectivity index (χ2v) is 6.78. The Kier molecular flexibility index (Phi) is 4.63. The number of hydrogen-bond acceptors (Lipinski definition) is 3. The maximum Gasteiger partial charge on any atom is 0.223 e. The van der Waals surface area contributed by atoms with E-state index >= 15 is 0 Å². The highest BCUT2D eigenvalue weighted by atomic mass is 16.2. The van der Waals surface area contributed by atoms with Crippen molar-refractivity contribution in [3.8, 4) is 0 Å². The van der Waals surface area contributed by atoms with Crippen LogP contribution in [0.4, 0.5) is 5.69 Å². The van der Waals surface area contributed by atoms with E-state index in [-0.39, 0.29) is 11.3 Å². The van der Waals surface area contributed by atoms with Gasteiger partial charge in [0, 0.05) is 37.9 Å². The lowest BCUT2D eigenvalue weighted by Crippen LogP contribution is -2.43. The summed E-state index contributed by atoms with van der Waals surface area (Å²) in [7, 11) is 0. The van der Waals surface area contributed by atoms with E-state index in [4.69, 9.17) is 0 Å². The van der Waals surface area contributed by atoms with Gasteiger partial charge in [0.2, 0.25) is 5.91 Å². The molecule has 1 fully saturated rings. The lowest BCUT2D eigenvalue weighted by molar-refractivity contribution is -0.134. The van der Waals surface area contributed by atoms with E-state index in [2.05, 4.69) is 31.1 Å². The van der Waals surface area contributed by atoms with Gasteiger partial charge in [-0.2, -0.15) is 0 Å². The number of likely N-dealkylation sites (tertiary alicyclic amines) is 1. The van der Waals surface area contributed by atoms with E-state index in [1.54, 1.807) is 6.20 Å². The van der Waals surface area contributed by atoms with Gasteiger partial charge in [-0.25, -0.2) is 0 Å². The number of rotatable bonds is 3. The van der Waals surface area contributed by atoms with Crippen molar-refractivity contribution in [3.05, 3.63) is 24.5 Å². The minimum atomic E-state index is 0.0713. The quantitative estimate of drug-likeness (QED) is 0.922. The lowest BCUT2D eigenvalue weighted by Gasteiger charge is -2.34. The average Bonchev–Trinajstić information content (AvgIpc) is 2.39. The molecule has 2 heterocycles. The topological polar surface area (TPSA) is 45.2 Å². The van der Waals surface area contributed by atoms with Crippen LogP contribution < -0.4 is 5.32 Å². The Labute approximate surface area is 121 Å². The van der Waals surface area contributed by atoms with Crippen molar-refractivity contribution in [2.24, 2.45) is 5.41 Å². The van der Waals surface area contributed by atoms with Crippen LogP contribution in [0.3, 0.4) is 0 Å². The zero-order chi connectivity index (χ0) is 14.6. The van der Waals surface area contributed by atoms with Crippen molar-refractivity contribution in [3.63, 3.8) is 0 Å². The predicted molar refractivity (Wildman–Crippen MR) is 81.5 cm³/mol. The Bertz CT molecular complexity index is 431. The molecule has 1 N–H and O–H groups in total. The van der Waals surface area contributed by atoms with Crippen molar-refractivity contribution in [2.45, 2.75) is 46.1 Å². The SMILES string of the molecule is CC(C)(C)CC(=O)N1CCC(Nc2cccnc2)CC1. The number of aromatic nitrogens is 1. The molecule has 0 aromatic carbocycles. The van der Waals surface area contributed by atoms with Gasteiger partial charge in [-0.05, 0) is 30.4 Å². The molecule has 0 saturated carbocycles. The summed E-state index contributed by atoms with van der Waals surface area (Å²) in [5.41, 5.74) is 1.13. The smallest absolute Gasteiger partial charge is 0.223 e. The largest absolute Gasteiger partial charge is 0.381 e. The van der Waals surface area contributed by atoms with Crippen LogP contribution in [0.15, 0.2) is 24.5 Å². The molecule has 2 rings (SSSR count). The summed E-state index contributed by atoms with van der Waals surface area (Å²) in [4.78, 5) is 18.3. The van der Waals surface area contributed by atoms with Crippen LogP contribution in [0.1, 0.15) is 40.0 Å². The fourth-order valence-electron chi connectivity index (χ4n) is 2.52. The number of nitrogens with one attached hydrogen (secondary N) is 1. The highest BCUT2D eigenvalue weighted by Crippen LogP contribution is 2.22. The number of nitrogens with zero attached hydrogens (tertiary/aromatic N) is 2. The van der Waals surface area contributed by atoms with Gasteiger partial charge in [-0.15, -0.1) is 0 Å². The van der Waals surface area contributed by atoms with E-state index in [0.29, 0.717) is 12.5 Å². The Morgan fingerprint density at radius 3 is 2.65 bits per heavy atom. The Morgan fingerprint density at radius 2 is 2.10 bits per heavy atom. The summed E-state index contributed by atoms with van der Waals surface area (Å²) < 4.78 is 0. The first-order chi connectivity index (χ1) is 9.44. The van der Waals surface area contributed by atoms with Gasteiger partial charge in [0.15, 0.2) is 0 Å². The Morgan fingerprint density at radius 1 is 1.40 bits per heavy atom. The minimum Gasteiger partial charge on any atom is -0.381 e. The van der Waals surface area contributed by atoms with Crippen molar-refractivity contribution < 1.29 is 4.79 Å². The first-order valence-corrected chi connectivity index (χ1v) is 7.38. The Hall–Kier alpha value is -1.58. The van der Waals surface area contributed by atoms with E-state index in [9.17, 15) is 4.79 Å². The number of pyridine rings is 1. The molecule has 0 atom stereocenters. The molecule has 0 unspecified atom stereocenters. The van der Waals surface area contributed by atoms with Crippen LogP contribution in [0.25, 0.3) is 0 Å². The molecule has 0 radical (unpaired) electrons. The summed E-state index contributed by atoms with van der Waals surface area (Å²) in [5, 5.41) is 3.49. The van der Waals surface area contributed by atoms with Gasteiger partial charge in [-0.3, -0.25) is 9.78 Å². The number of carbonyl (C=O) groups excluding carboxylic acids is 1. The number of carbonyl (C=O) groups is 1. The monoisotopic (exact) mass is 275 g/mol. The molecule has 1 aromatic heterocycles. The van der Waals surface area contributed by atoms with Gasteiger partial charge in [-0.1, -0.05) is 20.8 Å².